The van der Waals surface area contributed by atoms with Crippen molar-refractivity contribution in [2.75, 3.05) is 6.26 Å². The number of nitrogens with zero attached hydrogens (tertiary/aromatic N) is 2. The maximum Gasteiger partial charge on any atom is 0.251 e. The van der Waals surface area contributed by atoms with Crippen LogP contribution in [0.5, 0.6) is 0 Å². The Morgan fingerprint density at radius 2 is 1.95 bits per heavy atom. The zero-order chi connectivity index (χ0) is 14.1. The standard InChI is InChI=1S/C12H15N3O3S/c1-12(13,9-6-4-3-5-7-9)11-14-10(15-18-11)8-19(2,16)17/h3-7H,8,13H2,1-2H3. The second-order valence-corrected chi connectivity index (χ2v) is 6.79. The van der Waals surface area contributed by atoms with Crippen LogP contribution < -0.4 is 5.73 Å². The predicted molar refractivity (Wildman–Crippen MR) is 69.9 cm³/mol. The van der Waals surface area contributed by atoms with E-state index in [1.807, 2.05) is 30.3 Å². The van der Waals surface area contributed by atoms with Gasteiger partial charge in [-0.15, -0.1) is 0 Å². The summed E-state index contributed by atoms with van der Waals surface area (Å²) in [4.78, 5) is 4.06. The van der Waals surface area contributed by atoms with E-state index in [0.29, 0.717) is 0 Å². The van der Waals surface area contributed by atoms with Gasteiger partial charge in [0.25, 0.3) is 5.89 Å². The van der Waals surface area contributed by atoms with Crippen LogP contribution in [0.2, 0.25) is 0 Å². The first kappa shape index (κ1) is 13.7. The number of benzene rings is 1. The molecule has 2 N–H and O–H groups in total. The number of hydrogen-bond donors (Lipinski definition) is 1. The maximum atomic E-state index is 11.2. The van der Waals surface area contributed by atoms with Crippen LogP contribution in [0.25, 0.3) is 0 Å². The number of nitrogens with two attached hydrogens (primary N) is 1. The first-order valence-electron chi connectivity index (χ1n) is 5.64. The summed E-state index contributed by atoms with van der Waals surface area (Å²) in [5.41, 5.74) is 6.05. The molecule has 0 aliphatic rings. The van der Waals surface area contributed by atoms with Crippen LogP contribution in [0, 0.1) is 0 Å². The molecule has 0 saturated heterocycles. The molecule has 0 radical (unpaired) electrons. The largest absolute Gasteiger partial charge is 0.337 e. The third-order valence-corrected chi connectivity index (χ3v) is 3.46. The molecule has 1 aromatic carbocycles. The number of sulfone groups is 1. The minimum atomic E-state index is -3.20. The van der Waals surface area contributed by atoms with Crippen molar-refractivity contribution in [3.05, 3.63) is 47.6 Å². The molecular formula is C12H15N3O3S. The van der Waals surface area contributed by atoms with Gasteiger partial charge in [0, 0.05) is 6.26 Å². The highest BCUT2D eigenvalue weighted by Gasteiger charge is 2.30. The molecule has 2 aromatic rings. The molecular weight excluding hydrogens is 266 g/mol. The van der Waals surface area contributed by atoms with Gasteiger partial charge >= 0.3 is 0 Å². The molecule has 0 bridgehead atoms. The summed E-state index contributed by atoms with van der Waals surface area (Å²) in [5.74, 6) is 0.0453. The molecule has 102 valence electrons. The lowest BCUT2D eigenvalue weighted by Crippen LogP contribution is -2.34. The Hall–Kier alpha value is -1.73. The van der Waals surface area contributed by atoms with E-state index < -0.39 is 15.4 Å². The van der Waals surface area contributed by atoms with E-state index in [1.165, 1.54) is 0 Å². The Balaban J connectivity index is 2.32. The summed E-state index contributed by atoms with van der Waals surface area (Å²) in [7, 11) is -3.20. The van der Waals surface area contributed by atoms with Gasteiger partial charge in [0.15, 0.2) is 15.7 Å². The Morgan fingerprint density at radius 1 is 1.32 bits per heavy atom. The van der Waals surface area contributed by atoms with Crippen LogP contribution in [0.3, 0.4) is 0 Å². The first-order valence-corrected chi connectivity index (χ1v) is 7.70. The highest BCUT2D eigenvalue weighted by atomic mass is 32.2. The Kier molecular flexibility index (Phi) is 3.42. The van der Waals surface area contributed by atoms with Crippen molar-refractivity contribution >= 4 is 9.84 Å². The fraction of sp³-hybridized carbons (Fsp3) is 0.333. The van der Waals surface area contributed by atoms with Gasteiger partial charge in [-0.2, -0.15) is 4.98 Å². The van der Waals surface area contributed by atoms with Crippen molar-refractivity contribution in [2.24, 2.45) is 5.73 Å². The zero-order valence-electron chi connectivity index (χ0n) is 10.7. The molecule has 1 atom stereocenters. The quantitative estimate of drug-likeness (QED) is 0.891. The highest BCUT2D eigenvalue weighted by Crippen LogP contribution is 2.24. The molecule has 2 rings (SSSR count). The van der Waals surface area contributed by atoms with Gasteiger partial charge in [-0.3, -0.25) is 0 Å². The molecule has 0 saturated carbocycles. The lowest BCUT2D eigenvalue weighted by molar-refractivity contribution is 0.323. The van der Waals surface area contributed by atoms with Crippen LogP contribution in [0.1, 0.15) is 24.2 Å². The smallest absolute Gasteiger partial charge is 0.251 e. The van der Waals surface area contributed by atoms with Gasteiger partial charge < -0.3 is 10.3 Å². The van der Waals surface area contributed by atoms with Gasteiger partial charge in [0.05, 0.1) is 0 Å². The van der Waals surface area contributed by atoms with E-state index in [1.54, 1.807) is 6.92 Å². The number of hydrogen-bond acceptors (Lipinski definition) is 6. The fourth-order valence-corrected chi connectivity index (χ4v) is 2.25. The first-order chi connectivity index (χ1) is 8.79. The predicted octanol–water partition coefficient (Wildman–Crippen LogP) is 0.836. The molecule has 1 heterocycles. The molecule has 6 nitrogen and oxygen atoms in total. The highest BCUT2D eigenvalue weighted by molar-refractivity contribution is 7.89. The molecule has 0 amide bonds. The summed E-state index contributed by atoms with van der Waals surface area (Å²) >= 11 is 0. The average molecular weight is 281 g/mol. The monoisotopic (exact) mass is 281 g/mol. The maximum absolute atomic E-state index is 11.2. The van der Waals surface area contributed by atoms with Crippen LogP contribution in [0.4, 0.5) is 0 Å². The van der Waals surface area contributed by atoms with Crippen molar-refractivity contribution in [2.45, 2.75) is 18.2 Å². The molecule has 7 heteroatoms. The topological polar surface area (TPSA) is 99.1 Å². The fourth-order valence-electron chi connectivity index (χ4n) is 1.67. The summed E-state index contributed by atoms with van der Waals surface area (Å²) < 4.78 is 27.4. The van der Waals surface area contributed by atoms with E-state index >= 15 is 0 Å². The van der Waals surface area contributed by atoms with Crippen molar-refractivity contribution in [1.29, 1.82) is 0 Å². The van der Waals surface area contributed by atoms with E-state index in [-0.39, 0.29) is 17.5 Å². The van der Waals surface area contributed by atoms with Crippen molar-refractivity contribution in [1.82, 2.24) is 10.1 Å². The molecule has 0 aliphatic carbocycles. The SMILES string of the molecule is CC(N)(c1ccccc1)c1nc(CS(C)(=O)=O)no1. The van der Waals surface area contributed by atoms with Crippen LogP contribution >= 0.6 is 0 Å². The second kappa shape index (κ2) is 4.75. The summed E-state index contributed by atoms with van der Waals surface area (Å²) in [5, 5.41) is 3.65. The minimum Gasteiger partial charge on any atom is -0.337 e. The van der Waals surface area contributed by atoms with Crippen LogP contribution in [-0.4, -0.2) is 24.8 Å². The van der Waals surface area contributed by atoms with Crippen molar-refractivity contribution in [3.63, 3.8) is 0 Å². The number of rotatable bonds is 4. The molecule has 0 fully saturated rings. The minimum absolute atomic E-state index is 0.116. The summed E-state index contributed by atoms with van der Waals surface area (Å²) in [6.07, 6.45) is 1.11. The molecule has 1 aromatic heterocycles. The lowest BCUT2D eigenvalue weighted by atomic mass is 9.93. The molecule has 19 heavy (non-hydrogen) atoms. The third kappa shape index (κ3) is 3.18. The Labute approximate surface area is 111 Å². The molecule has 1 unspecified atom stereocenters. The molecule has 0 aliphatic heterocycles. The normalized spacial score (nSPS) is 15.1. The zero-order valence-corrected chi connectivity index (χ0v) is 11.5. The van der Waals surface area contributed by atoms with E-state index in [2.05, 4.69) is 10.1 Å². The third-order valence-electron chi connectivity index (χ3n) is 2.68. The van der Waals surface area contributed by atoms with Crippen LogP contribution in [-0.2, 0) is 21.1 Å². The molecule has 0 spiro atoms. The van der Waals surface area contributed by atoms with Crippen molar-refractivity contribution < 1.29 is 12.9 Å². The van der Waals surface area contributed by atoms with Crippen LogP contribution in [0.15, 0.2) is 34.9 Å². The van der Waals surface area contributed by atoms with Gasteiger partial charge in [-0.25, -0.2) is 8.42 Å². The summed E-state index contributed by atoms with van der Waals surface area (Å²) in [6.45, 7) is 1.74. The van der Waals surface area contributed by atoms with Crippen molar-refractivity contribution in [3.8, 4) is 0 Å². The summed E-state index contributed by atoms with van der Waals surface area (Å²) in [6, 6.07) is 9.28. The number of aromatic nitrogens is 2. The second-order valence-electron chi connectivity index (χ2n) is 4.65. The van der Waals surface area contributed by atoms with E-state index in [4.69, 9.17) is 10.3 Å². The van der Waals surface area contributed by atoms with Gasteiger partial charge in [-0.05, 0) is 12.5 Å². The van der Waals surface area contributed by atoms with E-state index in [0.717, 1.165) is 11.8 Å². The Bertz CT molecular complexity index is 663. The van der Waals surface area contributed by atoms with Gasteiger partial charge in [0.1, 0.15) is 11.3 Å². The Morgan fingerprint density at radius 3 is 2.53 bits per heavy atom. The van der Waals surface area contributed by atoms with Gasteiger partial charge in [0.2, 0.25) is 0 Å². The average Bonchev–Trinajstić information content (AvgIpc) is 2.77. The van der Waals surface area contributed by atoms with E-state index in [9.17, 15) is 8.42 Å². The lowest BCUT2D eigenvalue weighted by Gasteiger charge is -2.20. The van der Waals surface area contributed by atoms with Gasteiger partial charge in [-0.1, -0.05) is 35.5 Å².